The Balaban J connectivity index is 1.41. The van der Waals surface area contributed by atoms with E-state index in [1.807, 2.05) is 72.8 Å². The normalized spacial score (nSPS) is 12.0. The summed E-state index contributed by atoms with van der Waals surface area (Å²) in [6.45, 7) is 0. The van der Waals surface area contributed by atoms with Crippen molar-refractivity contribution in [2.24, 2.45) is 0 Å². The number of hydrogen-bond donors (Lipinski definition) is 0. The van der Waals surface area contributed by atoms with Crippen LogP contribution in [0.2, 0.25) is 0 Å². The zero-order valence-corrected chi connectivity index (χ0v) is 20.5. The lowest BCUT2D eigenvalue weighted by atomic mass is 9.90. The number of benzene rings is 7. The van der Waals surface area contributed by atoms with Crippen LogP contribution in [-0.2, 0) is 4.57 Å². The van der Waals surface area contributed by atoms with Crippen molar-refractivity contribution in [1.29, 1.82) is 0 Å². The lowest BCUT2D eigenvalue weighted by Gasteiger charge is -2.20. The molecule has 0 saturated carbocycles. The summed E-state index contributed by atoms with van der Waals surface area (Å²) in [7, 11) is -2.98. The molecule has 0 heterocycles. The van der Waals surface area contributed by atoms with Gasteiger partial charge in [0.05, 0.1) is 0 Å². The second-order valence-corrected chi connectivity index (χ2v) is 12.1. The highest BCUT2D eigenvalue weighted by molar-refractivity contribution is 7.85. The molecular formula is C34H23OP. The smallest absolute Gasteiger partial charge is 0.171 e. The topological polar surface area (TPSA) is 17.1 Å². The summed E-state index contributed by atoms with van der Waals surface area (Å²) in [4.78, 5) is 0. The molecule has 0 aromatic heterocycles. The summed E-state index contributed by atoms with van der Waals surface area (Å²) in [5.74, 6) is 0. The zero-order chi connectivity index (χ0) is 24.1. The Morgan fingerprint density at radius 1 is 0.389 bits per heavy atom. The van der Waals surface area contributed by atoms with Gasteiger partial charge in [-0.3, -0.25) is 0 Å². The standard InChI is InChI=1S/C34H23OP/c35-36(28-10-3-1-4-11-28,29-12-5-2-6-13-29)30-20-16-24(17-21-30)31-22-18-27-15-14-25-8-7-9-26-19-23-32(31)34(27)33(25)26/h1-23H. The average molecular weight is 479 g/mol. The van der Waals surface area contributed by atoms with E-state index in [1.54, 1.807) is 0 Å². The lowest BCUT2D eigenvalue weighted by Crippen LogP contribution is -2.24. The predicted octanol–water partition coefficient (Wildman–Crippen LogP) is 7.89. The molecule has 1 nitrogen and oxygen atoms in total. The molecule has 0 aliphatic carbocycles. The average Bonchev–Trinajstić information content (AvgIpc) is 2.96. The van der Waals surface area contributed by atoms with E-state index in [4.69, 9.17) is 0 Å². The van der Waals surface area contributed by atoms with E-state index >= 15 is 0 Å². The molecule has 0 bridgehead atoms. The molecule has 0 aliphatic rings. The van der Waals surface area contributed by atoms with Crippen molar-refractivity contribution >= 4 is 55.4 Å². The highest BCUT2D eigenvalue weighted by Gasteiger charge is 2.29. The first-order valence-electron chi connectivity index (χ1n) is 12.2. The highest BCUT2D eigenvalue weighted by Crippen LogP contribution is 2.43. The van der Waals surface area contributed by atoms with Crippen LogP contribution in [0.3, 0.4) is 0 Å². The highest BCUT2D eigenvalue weighted by atomic mass is 31.2. The maximum Gasteiger partial charge on any atom is 0.171 e. The van der Waals surface area contributed by atoms with Gasteiger partial charge in [0.1, 0.15) is 0 Å². The van der Waals surface area contributed by atoms with Crippen molar-refractivity contribution in [1.82, 2.24) is 0 Å². The summed E-state index contributed by atoms with van der Waals surface area (Å²) >= 11 is 0. The van der Waals surface area contributed by atoms with Crippen molar-refractivity contribution < 1.29 is 4.57 Å². The van der Waals surface area contributed by atoms with Crippen LogP contribution in [-0.4, -0.2) is 0 Å². The van der Waals surface area contributed by atoms with Gasteiger partial charge in [0, 0.05) is 15.9 Å². The van der Waals surface area contributed by atoms with Crippen molar-refractivity contribution in [3.63, 3.8) is 0 Å². The molecule has 0 N–H and O–H groups in total. The van der Waals surface area contributed by atoms with Crippen LogP contribution in [0, 0.1) is 0 Å². The van der Waals surface area contributed by atoms with Crippen molar-refractivity contribution in [3.05, 3.63) is 140 Å². The van der Waals surface area contributed by atoms with E-state index in [0.29, 0.717) is 0 Å². The summed E-state index contributed by atoms with van der Waals surface area (Å²) in [5.41, 5.74) is 2.32. The zero-order valence-electron chi connectivity index (χ0n) is 19.6. The first-order valence-corrected chi connectivity index (χ1v) is 13.9. The van der Waals surface area contributed by atoms with Crippen molar-refractivity contribution in [2.75, 3.05) is 0 Å². The monoisotopic (exact) mass is 478 g/mol. The van der Waals surface area contributed by atoms with Gasteiger partial charge in [0.15, 0.2) is 7.14 Å². The first kappa shape index (κ1) is 21.1. The molecule has 0 unspecified atom stereocenters. The quantitative estimate of drug-likeness (QED) is 0.186. The molecule has 170 valence electrons. The van der Waals surface area contributed by atoms with Crippen LogP contribution >= 0.6 is 7.14 Å². The van der Waals surface area contributed by atoms with Crippen molar-refractivity contribution in [2.45, 2.75) is 0 Å². The SMILES string of the molecule is O=P(c1ccccc1)(c1ccccc1)c1ccc(-c2ccc3ccc4cccc5ccc2c3c45)cc1. The Morgan fingerprint density at radius 2 is 0.889 bits per heavy atom. The molecule has 7 aromatic rings. The van der Waals surface area contributed by atoms with Gasteiger partial charge < -0.3 is 4.57 Å². The molecule has 7 rings (SSSR count). The van der Waals surface area contributed by atoms with Gasteiger partial charge in [-0.05, 0) is 43.4 Å². The molecule has 2 heteroatoms. The van der Waals surface area contributed by atoms with E-state index in [9.17, 15) is 4.57 Å². The van der Waals surface area contributed by atoms with E-state index in [1.165, 1.54) is 37.9 Å². The largest absolute Gasteiger partial charge is 0.309 e. The Labute approximate surface area is 210 Å². The summed E-state index contributed by atoms with van der Waals surface area (Å²) in [5, 5.41) is 10.2. The Morgan fingerprint density at radius 3 is 1.50 bits per heavy atom. The summed E-state index contributed by atoms with van der Waals surface area (Å²) in [6.07, 6.45) is 0. The van der Waals surface area contributed by atoms with Crippen LogP contribution in [0.4, 0.5) is 0 Å². The number of rotatable bonds is 4. The van der Waals surface area contributed by atoms with Crippen LogP contribution in [0.5, 0.6) is 0 Å². The first-order chi connectivity index (χ1) is 17.7. The molecule has 0 aliphatic heterocycles. The molecule has 7 aromatic carbocycles. The van der Waals surface area contributed by atoms with Crippen LogP contribution in [0.25, 0.3) is 43.4 Å². The fraction of sp³-hybridized carbons (Fsp3) is 0. The van der Waals surface area contributed by atoms with E-state index < -0.39 is 7.14 Å². The minimum absolute atomic E-state index is 0.848. The second-order valence-electron chi connectivity index (χ2n) is 9.30. The van der Waals surface area contributed by atoms with E-state index in [-0.39, 0.29) is 0 Å². The Kier molecular flexibility index (Phi) is 4.81. The van der Waals surface area contributed by atoms with Crippen LogP contribution < -0.4 is 15.9 Å². The van der Waals surface area contributed by atoms with Gasteiger partial charge in [-0.15, -0.1) is 0 Å². The molecule has 0 amide bonds. The molecule has 0 saturated heterocycles. The third-order valence-corrected chi connectivity index (χ3v) is 10.4. The summed E-state index contributed by atoms with van der Waals surface area (Å²) < 4.78 is 14.7. The molecule has 36 heavy (non-hydrogen) atoms. The lowest BCUT2D eigenvalue weighted by molar-refractivity contribution is 0.592. The number of hydrogen-bond acceptors (Lipinski definition) is 1. The van der Waals surface area contributed by atoms with E-state index in [2.05, 4.69) is 66.7 Å². The van der Waals surface area contributed by atoms with Gasteiger partial charge in [0.25, 0.3) is 0 Å². The van der Waals surface area contributed by atoms with Gasteiger partial charge in [-0.1, -0.05) is 140 Å². The molecule has 0 atom stereocenters. The third kappa shape index (κ3) is 3.14. The van der Waals surface area contributed by atoms with Gasteiger partial charge in [-0.25, -0.2) is 0 Å². The maximum absolute atomic E-state index is 14.7. The fourth-order valence-electron chi connectivity index (χ4n) is 5.56. The molecule has 0 radical (unpaired) electrons. The van der Waals surface area contributed by atoms with Crippen molar-refractivity contribution in [3.8, 4) is 11.1 Å². The Hall–Kier alpha value is -4.19. The minimum Gasteiger partial charge on any atom is -0.309 e. The Bertz CT molecular complexity index is 1830. The van der Waals surface area contributed by atoms with E-state index in [0.717, 1.165) is 21.5 Å². The van der Waals surface area contributed by atoms with Crippen LogP contribution in [0.1, 0.15) is 0 Å². The maximum atomic E-state index is 14.7. The molecular weight excluding hydrogens is 455 g/mol. The summed E-state index contributed by atoms with van der Waals surface area (Å²) in [6, 6.07) is 47.9. The fourth-order valence-corrected chi connectivity index (χ4v) is 8.21. The third-order valence-electron chi connectivity index (χ3n) is 7.31. The molecule has 0 fully saturated rings. The van der Waals surface area contributed by atoms with Gasteiger partial charge >= 0.3 is 0 Å². The van der Waals surface area contributed by atoms with Gasteiger partial charge in [-0.2, -0.15) is 0 Å². The van der Waals surface area contributed by atoms with Gasteiger partial charge in [0.2, 0.25) is 0 Å². The predicted molar refractivity (Wildman–Crippen MR) is 155 cm³/mol. The minimum atomic E-state index is -2.98. The molecule has 0 spiro atoms. The second kappa shape index (κ2) is 8.19. The van der Waals surface area contributed by atoms with Crippen LogP contribution in [0.15, 0.2) is 140 Å².